The van der Waals surface area contributed by atoms with E-state index in [0.29, 0.717) is 0 Å². The number of ether oxygens (including phenoxy) is 2. The van der Waals surface area contributed by atoms with E-state index in [9.17, 15) is 9.59 Å². The quantitative estimate of drug-likeness (QED) is 0.535. The molecule has 0 saturated heterocycles. The van der Waals surface area contributed by atoms with Crippen molar-refractivity contribution in [1.29, 1.82) is 0 Å². The second-order valence-corrected chi connectivity index (χ2v) is 5.13. The zero-order valence-corrected chi connectivity index (χ0v) is 11.0. The minimum Gasteiger partial charge on any atom is -0.460 e. The van der Waals surface area contributed by atoms with Gasteiger partial charge in [-0.25, -0.2) is 0 Å². The van der Waals surface area contributed by atoms with Crippen LogP contribution in [0.1, 0.15) is 41.0 Å². The Hall–Kier alpha value is -0.900. The SMILES string of the molecule is CO[C@H](C(=O)CC(=O)OC(C)(C)C)C(C)C. The van der Waals surface area contributed by atoms with Gasteiger partial charge in [0.25, 0.3) is 0 Å². The molecule has 1 atom stereocenters. The molecule has 0 aliphatic carbocycles. The monoisotopic (exact) mass is 230 g/mol. The topological polar surface area (TPSA) is 52.6 Å². The average molecular weight is 230 g/mol. The molecule has 0 rings (SSSR count). The maximum Gasteiger partial charge on any atom is 0.313 e. The van der Waals surface area contributed by atoms with Crippen LogP contribution >= 0.6 is 0 Å². The van der Waals surface area contributed by atoms with Crippen molar-refractivity contribution in [3.8, 4) is 0 Å². The van der Waals surface area contributed by atoms with Crippen molar-refractivity contribution in [3.63, 3.8) is 0 Å². The molecule has 0 radical (unpaired) electrons. The van der Waals surface area contributed by atoms with Crippen molar-refractivity contribution in [2.45, 2.75) is 52.7 Å². The zero-order valence-electron chi connectivity index (χ0n) is 11.0. The summed E-state index contributed by atoms with van der Waals surface area (Å²) in [5.74, 6) is -0.674. The summed E-state index contributed by atoms with van der Waals surface area (Å²) in [4.78, 5) is 23.1. The van der Waals surface area contributed by atoms with Crippen molar-refractivity contribution < 1.29 is 19.1 Å². The van der Waals surface area contributed by atoms with Crippen LogP contribution in [0.25, 0.3) is 0 Å². The zero-order chi connectivity index (χ0) is 12.9. The highest BCUT2D eigenvalue weighted by Gasteiger charge is 2.26. The molecule has 0 aromatic heterocycles. The molecule has 0 heterocycles. The molecule has 0 N–H and O–H groups in total. The predicted molar refractivity (Wildman–Crippen MR) is 61.1 cm³/mol. The minimum atomic E-state index is -0.558. The van der Waals surface area contributed by atoms with E-state index in [4.69, 9.17) is 9.47 Å². The third-order valence-electron chi connectivity index (χ3n) is 1.92. The van der Waals surface area contributed by atoms with E-state index in [1.165, 1.54) is 7.11 Å². The number of hydrogen-bond donors (Lipinski definition) is 0. The van der Waals surface area contributed by atoms with E-state index in [2.05, 4.69) is 0 Å². The van der Waals surface area contributed by atoms with E-state index < -0.39 is 17.7 Å². The first-order valence-electron chi connectivity index (χ1n) is 5.44. The van der Waals surface area contributed by atoms with Gasteiger partial charge in [0.2, 0.25) is 0 Å². The summed E-state index contributed by atoms with van der Waals surface area (Å²) < 4.78 is 10.1. The van der Waals surface area contributed by atoms with Gasteiger partial charge in [0.05, 0.1) is 0 Å². The van der Waals surface area contributed by atoms with Gasteiger partial charge in [-0.05, 0) is 26.7 Å². The summed E-state index contributed by atoms with van der Waals surface area (Å²) in [5, 5.41) is 0. The number of methoxy groups -OCH3 is 1. The van der Waals surface area contributed by atoms with Gasteiger partial charge in [0, 0.05) is 7.11 Å². The van der Waals surface area contributed by atoms with Gasteiger partial charge in [-0.15, -0.1) is 0 Å². The highest BCUT2D eigenvalue weighted by molar-refractivity contribution is 5.98. The molecule has 0 aromatic rings. The molecule has 0 amide bonds. The minimum absolute atomic E-state index is 0.0555. The largest absolute Gasteiger partial charge is 0.460 e. The van der Waals surface area contributed by atoms with Gasteiger partial charge in [-0.2, -0.15) is 0 Å². The summed E-state index contributed by atoms with van der Waals surface area (Å²) in [7, 11) is 1.47. The van der Waals surface area contributed by atoms with Crippen molar-refractivity contribution in [3.05, 3.63) is 0 Å². The van der Waals surface area contributed by atoms with Gasteiger partial charge in [0.15, 0.2) is 5.78 Å². The number of hydrogen-bond acceptors (Lipinski definition) is 4. The first kappa shape index (κ1) is 15.1. The Morgan fingerprint density at radius 3 is 2.00 bits per heavy atom. The Balaban J connectivity index is 4.29. The summed E-state index contributed by atoms with van der Waals surface area (Å²) in [6.45, 7) is 9.06. The molecule has 16 heavy (non-hydrogen) atoms. The standard InChI is InChI=1S/C12H22O4/c1-8(2)11(15-6)9(13)7-10(14)16-12(3,4)5/h8,11H,7H2,1-6H3/t11-/m0/s1. The number of carbonyl (C=O) groups excluding carboxylic acids is 2. The molecule has 0 spiro atoms. The Kier molecular flexibility index (Phi) is 5.65. The number of rotatable bonds is 5. The van der Waals surface area contributed by atoms with Crippen molar-refractivity contribution in [2.24, 2.45) is 5.92 Å². The van der Waals surface area contributed by atoms with Crippen LogP contribution in [0.4, 0.5) is 0 Å². The van der Waals surface area contributed by atoms with Crippen LogP contribution in [0.5, 0.6) is 0 Å². The Morgan fingerprint density at radius 1 is 1.19 bits per heavy atom. The lowest BCUT2D eigenvalue weighted by Crippen LogP contribution is -2.32. The maximum absolute atomic E-state index is 11.7. The molecule has 0 aliphatic heterocycles. The lowest BCUT2D eigenvalue weighted by Gasteiger charge is -2.21. The van der Waals surface area contributed by atoms with E-state index in [1.54, 1.807) is 20.8 Å². The van der Waals surface area contributed by atoms with E-state index in [-0.39, 0.29) is 18.1 Å². The van der Waals surface area contributed by atoms with Crippen molar-refractivity contribution in [2.75, 3.05) is 7.11 Å². The van der Waals surface area contributed by atoms with Crippen LogP contribution in [-0.4, -0.2) is 30.6 Å². The second kappa shape index (κ2) is 5.99. The highest BCUT2D eigenvalue weighted by Crippen LogP contribution is 2.12. The van der Waals surface area contributed by atoms with Crippen LogP contribution in [0.2, 0.25) is 0 Å². The first-order chi connectivity index (χ1) is 7.17. The van der Waals surface area contributed by atoms with Gasteiger partial charge >= 0.3 is 5.97 Å². The summed E-state index contributed by atoms with van der Waals surface area (Å²) in [6.07, 6.45) is -0.763. The average Bonchev–Trinajstić information content (AvgIpc) is 1.99. The van der Waals surface area contributed by atoms with Gasteiger partial charge in [0.1, 0.15) is 18.1 Å². The summed E-state index contributed by atoms with van der Waals surface area (Å²) in [6, 6.07) is 0. The van der Waals surface area contributed by atoms with E-state index >= 15 is 0 Å². The predicted octanol–water partition coefficient (Wildman–Crippen LogP) is 1.96. The highest BCUT2D eigenvalue weighted by atomic mass is 16.6. The fraction of sp³-hybridized carbons (Fsp3) is 0.833. The van der Waals surface area contributed by atoms with Crippen molar-refractivity contribution in [1.82, 2.24) is 0 Å². The summed E-state index contributed by atoms with van der Waals surface area (Å²) >= 11 is 0. The molecule has 4 nitrogen and oxygen atoms in total. The molecule has 0 aliphatic rings. The van der Waals surface area contributed by atoms with E-state index in [0.717, 1.165) is 0 Å². The fourth-order valence-electron chi connectivity index (χ4n) is 1.40. The number of carbonyl (C=O) groups is 2. The lowest BCUT2D eigenvalue weighted by atomic mass is 10.0. The number of esters is 1. The van der Waals surface area contributed by atoms with Crippen LogP contribution in [0.3, 0.4) is 0 Å². The van der Waals surface area contributed by atoms with Gasteiger partial charge in [-0.3, -0.25) is 9.59 Å². The molecule has 0 bridgehead atoms. The lowest BCUT2D eigenvalue weighted by molar-refractivity contribution is -0.158. The molecule has 94 valence electrons. The fourth-order valence-corrected chi connectivity index (χ4v) is 1.40. The smallest absolute Gasteiger partial charge is 0.313 e. The normalized spacial score (nSPS) is 13.7. The van der Waals surface area contributed by atoms with Crippen LogP contribution in [0.15, 0.2) is 0 Å². The Labute approximate surface area is 97.3 Å². The molecule has 0 fully saturated rings. The molecule has 0 saturated carbocycles. The van der Waals surface area contributed by atoms with Gasteiger partial charge < -0.3 is 9.47 Å². The van der Waals surface area contributed by atoms with Crippen molar-refractivity contribution >= 4 is 11.8 Å². The summed E-state index contributed by atoms with van der Waals surface area (Å²) in [5.41, 5.74) is -0.558. The molecular formula is C12H22O4. The van der Waals surface area contributed by atoms with Crippen LogP contribution in [0, 0.1) is 5.92 Å². The Bertz CT molecular complexity index is 250. The third-order valence-corrected chi connectivity index (χ3v) is 1.92. The molecule has 0 unspecified atom stereocenters. The van der Waals surface area contributed by atoms with Crippen LogP contribution in [-0.2, 0) is 19.1 Å². The number of Topliss-reactive ketones (excluding diaryl/α,β-unsaturated/α-hetero) is 1. The van der Waals surface area contributed by atoms with Gasteiger partial charge in [-0.1, -0.05) is 13.8 Å². The van der Waals surface area contributed by atoms with E-state index in [1.807, 2.05) is 13.8 Å². The Morgan fingerprint density at radius 2 is 1.69 bits per heavy atom. The maximum atomic E-state index is 11.7. The van der Waals surface area contributed by atoms with Crippen LogP contribution < -0.4 is 0 Å². The molecular weight excluding hydrogens is 208 g/mol. The third kappa shape index (κ3) is 5.85. The molecule has 4 heteroatoms. The second-order valence-electron chi connectivity index (χ2n) is 5.13. The first-order valence-corrected chi connectivity index (χ1v) is 5.44. The molecule has 0 aromatic carbocycles. The number of ketones is 1.